The van der Waals surface area contributed by atoms with Crippen LogP contribution in [0.1, 0.15) is 6.92 Å². The van der Waals surface area contributed by atoms with Crippen LogP contribution in [0, 0.1) is 0 Å². The molecule has 0 heterocycles. The van der Waals surface area contributed by atoms with Crippen molar-refractivity contribution in [3.8, 4) is 0 Å². The Balaban J connectivity index is 2.97. The molecule has 1 amide bonds. The molecule has 2 N–H and O–H groups in total. The fourth-order valence-corrected chi connectivity index (χ4v) is 0.297. The van der Waals surface area contributed by atoms with Gasteiger partial charge < -0.3 is 10.6 Å². The van der Waals surface area contributed by atoms with Crippen LogP contribution in [0.25, 0.3) is 0 Å². The van der Waals surface area contributed by atoms with Gasteiger partial charge in [0.2, 0.25) is 0 Å². The SMILES string of the molecule is CNC(C)CN[C]=O. The van der Waals surface area contributed by atoms with E-state index in [1.54, 1.807) is 6.41 Å². The molecule has 0 fully saturated rings. The Morgan fingerprint density at radius 1 is 1.75 bits per heavy atom. The lowest BCUT2D eigenvalue weighted by molar-refractivity contribution is 0.525. The van der Waals surface area contributed by atoms with E-state index in [-0.39, 0.29) is 0 Å². The summed E-state index contributed by atoms with van der Waals surface area (Å²) in [6, 6.07) is 0.330. The maximum atomic E-state index is 9.56. The van der Waals surface area contributed by atoms with E-state index in [4.69, 9.17) is 0 Å². The number of hydrogen-bond acceptors (Lipinski definition) is 2. The van der Waals surface area contributed by atoms with E-state index >= 15 is 0 Å². The summed E-state index contributed by atoms with van der Waals surface area (Å²) in [7, 11) is 1.84. The Labute approximate surface area is 49.5 Å². The average molecular weight is 115 g/mol. The standard InChI is InChI=1S/C5H11N2O/c1-5(6-2)3-7-4-8/h5-6H,3H2,1-2H3,(H,7,8). The Hall–Kier alpha value is -0.570. The van der Waals surface area contributed by atoms with Crippen LogP contribution >= 0.6 is 0 Å². The van der Waals surface area contributed by atoms with Crippen molar-refractivity contribution in [1.82, 2.24) is 10.6 Å². The van der Waals surface area contributed by atoms with Crippen molar-refractivity contribution in [2.24, 2.45) is 0 Å². The third-order valence-electron chi connectivity index (χ3n) is 0.973. The minimum absolute atomic E-state index is 0.330. The Kier molecular flexibility index (Phi) is 4.26. The minimum atomic E-state index is 0.330. The molecule has 0 aliphatic rings. The summed E-state index contributed by atoms with van der Waals surface area (Å²) < 4.78 is 0. The molecule has 1 radical (unpaired) electrons. The maximum Gasteiger partial charge on any atom is 0.309 e. The van der Waals surface area contributed by atoms with Gasteiger partial charge in [0.25, 0.3) is 0 Å². The van der Waals surface area contributed by atoms with E-state index in [1.807, 2.05) is 14.0 Å². The molecule has 0 aromatic rings. The molecule has 3 nitrogen and oxygen atoms in total. The molecule has 0 saturated heterocycles. The quantitative estimate of drug-likeness (QED) is 0.473. The second kappa shape index (κ2) is 4.59. The Morgan fingerprint density at radius 2 is 2.38 bits per heavy atom. The van der Waals surface area contributed by atoms with Crippen LogP contribution in [-0.4, -0.2) is 26.0 Å². The lowest BCUT2D eigenvalue weighted by Crippen LogP contribution is -2.33. The van der Waals surface area contributed by atoms with Gasteiger partial charge in [-0.2, -0.15) is 0 Å². The first-order valence-electron chi connectivity index (χ1n) is 2.58. The number of amides is 1. The first kappa shape index (κ1) is 7.43. The van der Waals surface area contributed by atoms with Crippen molar-refractivity contribution in [2.45, 2.75) is 13.0 Å². The van der Waals surface area contributed by atoms with Gasteiger partial charge in [0.1, 0.15) is 0 Å². The van der Waals surface area contributed by atoms with Gasteiger partial charge in [0.15, 0.2) is 0 Å². The third kappa shape index (κ3) is 3.61. The van der Waals surface area contributed by atoms with Crippen molar-refractivity contribution >= 4 is 6.41 Å². The zero-order chi connectivity index (χ0) is 6.41. The van der Waals surface area contributed by atoms with E-state index in [0.29, 0.717) is 12.6 Å². The van der Waals surface area contributed by atoms with Gasteiger partial charge in [-0.05, 0) is 14.0 Å². The summed E-state index contributed by atoms with van der Waals surface area (Å²) in [5.74, 6) is 0. The van der Waals surface area contributed by atoms with Crippen molar-refractivity contribution in [1.29, 1.82) is 0 Å². The van der Waals surface area contributed by atoms with Gasteiger partial charge in [-0.3, -0.25) is 4.79 Å². The first-order chi connectivity index (χ1) is 3.81. The van der Waals surface area contributed by atoms with Crippen LogP contribution in [0.2, 0.25) is 0 Å². The predicted molar refractivity (Wildman–Crippen MR) is 32.2 cm³/mol. The number of likely N-dealkylation sites (N-methyl/N-ethyl adjacent to an activating group) is 1. The monoisotopic (exact) mass is 115 g/mol. The minimum Gasteiger partial charge on any atom is -0.346 e. The predicted octanol–water partition coefficient (Wildman–Crippen LogP) is -0.749. The second-order valence-electron chi connectivity index (χ2n) is 1.67. The van der Waals surface area contributed by atoms with Crippen molar-refractivity contribution < 1.29 is 4.79 Å². The molecular formula is C5H11N2O. The summed E-state index contributed by atoms with van der Waals surface area (Å²) in [5.41, 5.74) is 0. The van der Waals surface area contributed by atoms with E-state index in [9.17, 15) is 4.79 Å². The Morgan fingerprint density at radius 3 is 2.75 bits per heavy atom. The lowest BCUT2D eigenvalue weighted by atomic mass is 10.3. The van der Waals surface area contributed by atoms with Crippen molar-refractivity contribution in [2.75, 3.05) is 13.6 Å². The zero-order valence-corrected chi connectivity index (χ0v) is 5.19. The van der Waals surface area contributed by atoms with E-state index in [0.717, 1.165) is 0 Å². The smallest absolute Gasteiger partial charge is 0.309 e. The molecule has 3 heteroatoms. The molecule has 0 spiro atoms. The highest BCUT2D eigenvalue weighted by Crippen LogP contribution is 1.71. The molecular weight excluding hydrogens is 104 g/mol. The van der Waals surface area contributed by atoms with Gasteiger partial charge >= 0.3 is 6.41 Å². The summed E-state index contributed by atoms with van der Waals surface area (Å²) in [6.07, 6.45) is 1.59. The van der Waals surface area contributed by atoms with Crippen LogP contribution in [0.4, 0.5) is 0 Å². The molecule has 1 atom stereocenters. The molecule has 8 heavy (non-hydrogen) atoms. The molecule has 1 unspecified atom stereocenters. The van der Waals surface area contributed by atoms with E-state index < -0.39 is 0 Å². The molecule has 0 rings (SSSR count). The van der Waals surface area contributed by atoms with Crippen LogP contribution in [0.3, 0.4) is 0 Å². The summed E-state index contributed by atoms with van der Waals surface area (Å²) in [6.45, 7) is 2.62. The average Bonchev–Trinajstić information content (AvgIpc) is 1.83. The van der Waals surface area contributed by atoms with Gasteiger partial charge in [0, 0.05) is 12.6 Å². The topological polar surface area (TPSA) is 41.1 Å². The van der Waals surface area contributed by atoms with Crippen LogP contribution in [0.15, 0.2) is 0 Å². The van der Waals surface area contributed by atoms with Gasteiger partial charge in [0.05, 0.1) is 0 Å². The molecule has 0 aliphatic carbocycles. The number of hydrogen-bond donors (Lipinski definition) is 2. The molecule has 0 aromatic carbocycles. The van der Waals surface area contributed by atoms with Crippen LogP contribution in [0.5, 0.6) is 0 Å². The number of rotatable bonds is 4. The van der Waals surface area contributed by atoms with Gasteiger partial charge in [-0.25, -0.2) is 0 Å². The number of carbonyl (C=O) groups excluding carboxylic acids is 1. The molecule has 0 saturated carbocycles. The highest BCUT2D eigenvalue weighted by Gasteiger charge is 1.92. The normalized spacial score (nSPS) is 12.8. The zero-order valence-electron chi connectivity index (χ0n) is 5.19. The first-order valence-corrected chi connectivity index (χ1v) is 2.58. The Bertz CT molecular complexity index is 65.4. The third-order valence-corrected chi connectivity index (χ3v) is 0.973. The largest absolute Gasteiger partial charge is 0.346 e. The van der Waals surface area contributed by atoms with E-state index in [2.05, 4.69) is 10.6 Å². The maximum absolute atomic E-state index is 9.56. The van der Waals surface area contributed by atoms with Gasteiger partial charge in [-0.15, -0.1) is 0 Å². The fourth-order valence-electron chi connectivity index (χ4n) is 0.297. The number of nitrogens with one attached hydrogen (secondary N) is 2. The van der Waals surface area contributed by atoms with E-state index in [1.165, 1.54) is 0 Å². The molecule has 0 aliphatic heterocycles. The highest BCUT2D eigenvalue weighted by atomic mass is 16.1. The summed E-state index contributed by atoms with van der Waals surface area (Å²) in [5, 5.41) is 5.39. The molecule has 47 valence electrons. The second-order valence-corrected chi connectivity index (χ2v) is 1.67. The van der Waals surface area contributed by atoms with Gasteiger partial charge in [-0.1, -0.05) is 0 Å². The van der Waals surface area contributed by atoms with Crippen molar-refractivity contribution in [3.05, 3.63) is 0 Å². The van der Waals surface area contributed by atoms with Crippen LogP contribution in [-0.2, 0) is 4.79 Å². The summed E-state index contributed by atoms with van der Waals surface area (Å²) in [4.78, 5) is 9.56. The fraction of sp³-hybridized carbons (Fsp3) is 0.800. The lowest BCUT2D eigenvalue weighted by Gasteiger charge is -2.06. The molecule has 0 aromatic heterocycles. The highest BCUT2D eigenvalue weighted by molar-refractivity contribution is 5.46. The van der Waals surface area contributed by atoms with Crippen molar-refractivity contribution in [3.63, 3.8) is 0 Å². The van der Waals surface area contributed by atoms with Crippen LogP contribution < -0.4 is 10.6 Å². The molecule has 0 bridgehead atoms. The summed E-state index contributed by atoms with van der Waals surface area (Å²) >= 11 is 0.